The van der Waals surface area contributed by atoms with Gasteiger partial charge in [0.15, 0.2) is 0 Å². The van der Waals surface area contributed by atoms with Crippen LogP contribution in [0.1, 0.15) is 16.0 Å². The van der Waals surface area contributed by atoms with Crippen LogP contribution in [0.5, 0.6) is 0 Å². The van der Waals surface area contributed by atoms with Gasteiger partial charge >= 0.3 is 0 Å². The second kappa shape index (κ2) is 5.83. The quantitative estimate of drug-likeness (QED) is 0.887. The molecule has 0 unspecified atom stereocenters. The lowest BCUT2D eigenvalue weighted by Crippen LogP contribution is -2.22. The van der Waals surface area contributed by atoms with Gasteiger partial charge in [0.1, 0.15) is 0 Å². The van der Waals surface area contributed by atoms with Gasteiger partial charge in [-0.05, 0) is 18.6 Å². The molecule has 4 nitrogen and oxygen atoms in total. The Morgan fingerprint density at radius 3 is 2.53 bits per heavy atom. The van der Waals surface area contributed by atoms with Crippen molar-refractivity contribution in [3.05, 3.63) is 51.7 Å². The summed E-state index contributed by atoms with van der Waals surface area (Å²) in [5, 5.41) is 10.5. The van der Waals surface area contributed by atoms with Crippen molar-refractivity contribution in [2.75, 3.05) is 0 Å². The number of sulfonamides is 1. The maximum absolute atomic E-state index is 12.0. The summed E-state index contributed by atoms with van der Waals surface area (Å²) in [6, 6.07) is 9.16. The predicted octanol–water partition coefficient (Wildman–Crippen LogP) is 2.03. The Morgan fingerprint density at radius 1 is 1.26 bits per heavy atom. The van der Waals surface area contributed by atoms with Gasteiger partial charge in [-0.15, -0.1) is 11.3 Å². The Balaban J connectivity index is 2.07. The highest BCUT2D eigenvalue weighted by atomic mass is 32.2. The summed E-state index contributed by atoms with van der Waals surface area (Å²) in [5.74, 6) is 0. The number of aliphatic hydroxyl groups is 1. The van der Waals surface area contributed by atoms with E-state index in [2.05, 4.69) is 4.72 Å². The van der Waals surface area contributed by atoms with Crippen LogP contribution in [-0.4, -0.2) is 13.5 Å². The fourth-order valence-electron chi connectivity index (χ4n) is 1.55. The van der Waals surface area contributed by atoms with Gasteiger partial charge < -0.3 is 5.11 Å². The van der Waals surface area contributed by atoms with Crippen molar-refractivity contribution in [3.8, 4) is 0 Å². The normalized spacial score (nSPS) is 11.7. The first-order valence-electron chi connectivity index (χ1n) is 5.75. The Hall–Kier alpha value is -1.21. The third kappa shape index (κ3) is 3.63. The van der Waals surface area contributed by atoms with Crippen molar-refractivity contribution in [1.82, 2.24) is 4.72 Å². The fraction of sp³-hybridized carbons (Fsp3) is 0.231. The lowest BCUT2D eigenvalue weighted by molar-refractivity contribution is 0.285. The second-order valence-corrected chi connectivity index (χ2v) is 6.98. The minimum absolute atomic E-state index is 0.141. The van der Waals surface area contributed by atoms with Gasteiger partial charge in [-0.2, -0.15) is 0 Å². The molecule has 0 aliphatic heterocycles. The first-order chi connectivity index (χ1) is 9.01. The van der Waals surface area contributed by atoms with Gasteiger partial charge in [-0.25, -0.2) is 13.1 Å². The summed E-state index contributed by atoms with van der Waals surface area (Å²) in [6.07, 6.45) is 0. The van der Waals surface area contributed by atoms with Crippen LogP contribution in [0, 0.1) is 6.92 Å². The zero-order valence-corrected chi connectivity index (χ0v) is 12.1. The summed E-state index contributed by atoms with van der Waals surface area (Å²) in [4.78, 5) is 0.837. The summed E-state index contributed by atoms with van der Waals surface area (Å²) in [6.45, 7) is 2.10. The van der Waals surface area contributed by atoms with Crippen molar-refractivity contribution in [2.24, 2.45) is 0 Å². The van der Waals surface area contributed by atoms with Gasteiger partial charge in [0.2, 0.25) is 10.0 Å². The monoisotopic (exact) mass is 297 g/mol. The number of aryl methyl sites for hydroxylation is 1. The highest BCUT2D eigenvalue weighted by Gasteiger charge is 2.15. The third-order valence-electron chi connectivity index (χ3n) is 2.68. The molecular formula is C13H15NO3S2. The highest BCUT2D eigenvalue weighted by Crippen LogP contribution is 2.19. The SMILES string of the molecule is Cc1ccc(CNS(=O)(=O)c2csc(CO)c2)cc1. The van der Waals surface area contributed by atoms with E-state index in [-0.39, 0.29) is 18.0 Å². The number of aliphatic hydroxyl groups excluding tert-OH is 1. The van der Waals surface area contributed by atoms with E-state index in [0.29, 0.717) is 4.88 Å². The minimum Gasteiger partial charge on any atom is -0.391 e. The molecule has 0 saturated carbocycles. The molecule has 0 amide bonds. The molecule has 0 aliphatic carbocycles. The van der Waals surface area contributed by atoms with Crippen LogP contribution in [0.25, 0.3) is 0 Å². The van der Waals surface area contributed by atoms with E-state index in [1.165, 1.54) is 22.8 Å². The fourth-order valence-corrected chi connectivity index (χ4v) is 3.70. The molecule has 19 heavy (non-hydrogen) atoms. The van der Waals surface area contributed by atoms with Gasteiger partial charge in [0.25, 0.3) is 0 Å². The van der Waals surface area contributed by atoms with Crippen LogP contribution in [0.3, 0.4) is 0 Å². The molecular weight excluding hydrogens is 282 g/mol. The van der Waals surface area contributed by atoms with Crippen molar-refractivity contribution in [2.45, 2.75) is 25.0 Å². The van der Waals surface area contributed by atoms with Crippen LogP contribution in [0.15, 0.2) is 40.6 Å². The maximum atomic E-state index is 12.0. The Kier molecular flexibility index (Phi) is 4.36. The second-order valence-electron chi connectivity index (χ2n) is 4.22. The first kappa shape index (κ1) is 14.2. The highest BCUT2D eigenvalue weighted by molar-refractivity contribution is 7.89. The molecule has 0 atom stereocenters. The van der Waals surface area contributed by atoms with E-state index >= 15 is 0 Å². The topological polar surface area (TPSA) is 66.4 Å². The molecule has 1 aromatic carbocycles. The minimum atomic E-state index is -3.51. The van der Waals surface area contributed by atoms with Crippen LogP contribution in [0.2, 0.25) is 0 Å². The van der Waals surface area contributed by atoms with E-state index in [4.69, 9.17) is 5.11 Å². The summed E-state index contributed by atoms with van der Waals surface area (Å²) < 4.78 is 26.6. The molecule has 0 radical (unpaired) electrons. The Labute approximate surface area is 116 Å². The summed E-state index contributed by atoms with van der Waals surface area (Å²) in [5.41, 5.74) is 2.05. The van der Waals surface area contributed by atoms with Crippen molar-refractivity contribution in [3.63, 3.8) is 0 Å². The predicted molar refractivity (Wildman–Crippen MR) is 75.4 cm³/mol. The lowest BCUT2D eigenvalue weighted by Gasteiger charge is -2.05. The summed E-state index contributed by atoms with van der Waals surface area (Å²) >= 11 is 1.23. The zero-order chi connectivity index (χ0) is 13.9. The number of nitrogens with one attached hydrogen (secondary N) is 1. The average molecular weight is 297 g/mol. The smallest absolute Gasteiger partial charge is 0.241 e. The molecule has 2 aromatic rings. The Bertz CT molecular complexity index is 645. The van der Waals surface area contributed by atoms with E-state index in [0.717, 1.165) is 11.1 Å². The van der Waals surface area contributed by atoms with E-state index in [9.17, 15) is 8.42 Å². The largest absolute Gasteiger partial charge is 0.391 e. The van der Waals surface area contributed by atoms with Crippen molar-refractivity contribution >= 4 is 21.4 Å². The molecule has 0 fully saturated rings. The molecule has 0 aliphatic rings. The number of rotatable bonds is 5. The van der Waals surface area contributed by atoms with Crippen LogP contribution >= 0.6 is 11.3 Å². The molecule has 0 saturated heterocycles. The van der Waals surface area contributed by atoms with Gasteiger partial charge in [0.05, 0.1) is 11.5 Å². The van der Waals surface area contributed by atoms with Crippen LogP contribution < -0.4 is 4.72 Å². The Morgan fingerprint density at radius 2 is 1.95 bits per heavy atom. The number of thiophene rings is 1. The molecule has 2 N–H and O–H groups in total. The van der Waals surface area contributed by atoms with Gasteiger partial charge in [-0.3, -0.25) is 0 Å². The number of hydrogen-bond donors (Lipinski definition) is 2. The third-order valence-corrected chi connectivity index (χ3v) is 5.13. The number of benzene rings is 1. The van der Waals surface area contributed by atoms with E-state index in [1.54, 1.807) is 0 Å². The summed E-state index contributed by atoms with van der Waals surface area (Å²) in [7, 11) is -3.51. The van der Waals surface area contributed by atoms with Gasteiger partial charge in [-0.1, -0.05) is 29.8 Å². The van der Waals surface area contributed by atoms with Gasteiger partial charge in [0, 0.05) is 16.8 Å². The van der Waals surface area contributed by atoms with Crippen molar-refractivity contribution < 1.29 is 13.5 Å². The van der Waals surface area contributed by atoms with E-state index < -0.39 is 10.0 Å². The average Bonchev–Trinajstić information content (AvgIpc) is 2.88. The lowest BCUT2D eigenvalue weighted by atomic mass is 10.2. The first-order valence-corrected chi connectivity index (χ1v) is 8.11. The standard InChI is InChI=1S/C13H15NO3S2/c1-10-2-4-11(5-3-10)7-14-19(16,17)13-6-12(8-15)18-9-13/h2-6,9,14-15H,7-8H2,1H3. The molecule has 102 valence electrons. The molecule has 0 spiro atoms. The maximum Gasteiger partial charge on any atom is 0.241 e. The van der Waals surface area contributed by atoms with Crippen LogP contribution in [-0.2, 0) is 23.2 Å². The van der Waals surface area contributed by atoms with Crippen LogP contribution in [0.4, 0.5) is 0 Å². The zero-order valence-electron chi connectivity index (χ0n) is 10.5. The molecule has 2 rings (SSSR count). The molecule has 1 heterocycles. The molecule has 1 aromatic heterocycles. The van der Waals surface area contributed by atoms with Crippen molar-refractivity contribution in [1.29, 1.82) is 0 Å². The molecule has 0 bridgehead atoms. The number of hydrogen-bond acceptors (Lipinski definition) is 4. The van der Waals surface area contributed by atoms with E-state index in [1.807, 2.05) is 31.2 Å². The molecule has 6 heteroatoms.